The van der Waals surface area contributed by atoms with Crippen LogP contribution in [-0.4, -0.2) is 42.5 Å². The van der Waals surface area contributed by atoms with Crippen molar-refractivity contribution in [3.63, 3.8) is 0 Å². The van der Waals surface area contributed by atoms with Gasteiger partial charge in [0.05, 0.1) is 11.4 Å². The number of benzene rings is 2. The van der Waals surface area contributed by atoms with E-state index in [9.17, 15) is 14.4 Å². The van der Waals surface area contributed by atoms with Crippen LogP contribution in [0, 0.1) is 0 Å². The van der Waals surface area contributed by atoms with Crippen molar-refractivity contribution in [3.8, 4) is 0 Å². The average Bonchev–Trinajstić information content (AvgIpc) is 3.16. The zero-order valence-electron chi connectivity index (χ0n) is 16.4. The second kappa shape index (κ2) is 8.69. The summed E-state index contributed by atoms with van der Waals surface area (Å²) in [6.07, 6.45) is 2.85. The monoisotopic (exact) mass is 405 g/mol. The fraction of sp³-hybridized carbons (Fsp3) is 0.227. The molecule has 0 unspecified atom stereocenters. The van der Waals surface area contributed by atoms with E-state index in [4.69, 9.17) is 0 Å². The van der Waals surface area contributed by atoms with E-state index in [1.165, 1.54) is 4.90 Å². The maximum atomic E-state index is 12.5. The molecule has 0 fully saturated rings. The van der Waals surface area contributed by atoms with Crippen LogP contribution in [0.25, 0.3) is 10.9 Å². The van der Waals surface area contributed by atoms with Gasteiger partial charge in [0, 0.05) is 36.6 Å². The number of aromatic nitrogens is 1. The topological polar surface area (TPSA) is 106 Å². The molecule has 0 bridgehead atoms. The second-order valence-corrected chi connectivity index (χ2v) is 7.09. The number of aromatic amines is 1. The lowest BCUT2D eigenvalue weighted by Crippen LogP contribution is -2.47. The summed E-state index contributed by atoms with van der Waals surface area (Å²) in [7, 11) is 0. The number of urea groups is 1. The van der Waals surface area contributed by atoms with Gasteiger partial charge in [-0.05, 0) is 30.2 Å². The minimum absolute atomic E-state index is 0.0559. The molecule has 0 saturated carbocycles. The molecule has 4 N–H and O–H groups in total. The zero-order valence-corrected chi connectivity index (χ0v) is 16.4. The number of fused-ring (bicyclic) bond motifs is 2. The second-order valence-electron chi connectivity index (χ2n) is 7.09. The van der Waals surface area contributed by atoms with E-state index in [1.54, 1.807) is 24.3 Å². The lowest BCUT2D eigenvalue weighted by atomic mass is 10.1. The third-order valence-electron chi connectivity index (χ3n) is 5.04. The van der Waals surface area contributed by atoms with Crippen molar-refractivity contribution in [1.82, 2.24) is 15.6 Å². The van der Waals surface area contributed by atoms with Gasteiger partial charge in [-0.1, -0.05) is 30.3 Å². The quantitative estimate of drug-likeness (QED) is 0.506. The van der Waals surface area contributed by atoms with Crippen LogP contribution in [0.15, 0.2) is 54.7 Å². The van der Waals surface area contributed by atoms with Crippen molar-refractivity contribution in [2.24, 2.45) is 0 Å². The first-order chi connectivity index (χ1) is 14.6. The van der Waals surface area contributed by atoms with Crippen molar-refractivity contribution >= 4 is 40.1 Å². The molecule has 8 nitrogen and oxygen atoms in total. The molecular formula is C22H23N5O3. The predicted molar refractivity (Wildman–Crippen MR) is 115 cm³/mol. The summed E-state index contributed by atoms with van der Waals surface area (Å²) in [4.78, 5) is 41.0. The average molecular weight is 405 g/mol. The van der Waals surface area contributed by atoms with E-state index in [-0.39, 0.29) is 31.3 Å². The number of carbonyl (C=O) groups is 3. The number of nitrogens with zero attached hydrogens (tertiary/aromatic N) is 1. The van der Waals surface area contributed by atoms with E-state index in [2.05, 4.69) is 27.0 Å². The van der Waals surface area contributed by atoms with Gasteiger partial charge in [0.2, 0.25) is 11.8 Å². The van der Waals surface area contributed by atoms with Crippen LogP contribution in [0.2, 0.25) is 0 Å². The van der Waals surface area contributed by atoms with E-state index < -0.39 is 6.03 Å². The minimum Gasteiger partial charge on any atom is -0.361 e. The highest BCUT2D eigenvalue weighted by Gasteiger charge is 2.26. The molecule has 2 heterocycles. The van der Waals surface area contributed by atoms with Crippen LogP contribution in [-0.2, 0) is 16.0 Å². The number of nitrogens with one attached hydrogen (secondary N) is 4. The Balaban J connectivity index is 1.22. The van der Waals surface area contributed by atoms with Crippen molar-refractivity contribution in [3.05, 3.63) is 60.3 Å². The van der Waals surface area contributed by atoms with Crippen LogP contribution in [0.1, 0.15) is 12.0 Å². The molecular weight excluding hydrogens is 382 g/mol. The first-order valence-corrected chi connectivity index (χ1v) is 9.88. The highest BCUT2D eigenvalue weighted by atomic mass is 16.2. The van der Waals surface area contributed by atoms with E-state index in [0.29, 0.717) is 17.9 Å². The number of para-hydroxylation sites is 3. The SMILES string of the molecule is O=C(CCNC(=O)N1CC(=O)Nc2ccccc21)NCCc1c[nH]c2ccccc12. The van der Waals surface area contributed by atoms with Gasteiger partial charge in [0.25, 0.3) is 0 Å². The molecule has 3 aromatic rings. The summed E-state index contributed by atoms with van der Waals surface area (Å²) in [6.45, 7) is 0.659. The van der Waals surface area contributed by atoms with Gasteiger partial charge in [-0.15, -0.1) is 0 Å². The van der Waals surface area contributed by atoms with Gasteiger partial charge in [-0.3, -0.25) is 14.5 Å². The maximum Gasteiger partial charge on any atom is 0.322 e. The molecule has 0 spiro atoms. The third-order valence-corrected chi connectivity index (χ3v) is 5.04. The summed E-state index contributed by atoms with van der Waals surface area (Å²) in [5.41, 5.74) is 3.47. The molecule has 0 radical (unpaired) electrons. The first kappa shape index (κ1) is 19.5. The Hall–Kier alpha value is -3.81. The molecule has 154 valence electrons. The Bertz CT molecular complexity index is 1090. The molecule has 2 aromatic carbocycles. The summed E-state index contributed by atoms with van der Waals surface area (Å²) in [6, 6.07) is 14.8. The van der Waals surface area contributed by atoms with Crippen LogP contribution >= 0.6 is 0 Å². The third kappa shape index (κ3) is 4.27. The molecule has 4 rings (SSSR count). The summed E-state index contributed by atoms with van der Waals surface area (Å²) < 4.78 is 0. The van der Waals surface area contributed by atoms with E-state index in [0.717, 1.165) is 22.9 Å². The van der Waals surface area contributed by atoms with Crippen LogP contribution in [0.4, 0.5) is 16.2 Å². The Morgan fingerprint density at radius 3 is 2.70 bits per heavy atom. The molecule has 4 amide bonds. The van der Waals surface area contributed by atoms with Crippen molar-refractivity contribution < 1.29 is 14.4 Å². The molecule has 0 aliphatic carbocycles. The molecule has 0 atom stereocenters. The molecule has 1 aliphatic rings. The summed E-state index contributed by atoms with van der Waals surface area (Å²) in [5, 5.41) is 9.49. The van der Waals surface area contributed by atoms with Crippen LogP contribution < -0.4 is 20.9 Å². The maximum absolute atomic E-state index is 12.5. The van der Waals surface area contributed by atoms with Crippen LogP contribution in [0.5, 0.6) is 0 Å². The predicted octanol–water partition coefficient (Wildman–Crippen LogP) is 2.38. The highest BCUT2D eigenvalue weighted by molar-refractivity contribution is 6.09. The number of amides is 4. The fourth-order valence-electron chi connectivity index (χ4n) is 3.56. The standard InChI is InChI=1S/C22H23N5O3/c28-20(23-11-9-15-13-25-17-6-2-1-5-16(15)17)10-12-24-22(30)27-14-21(29)26-18-7-3-4-8-19(18)27/h1-8,13,25H,9-12,14H2,(H,23,28)(H,24,30)(H,26,29). The first-order valence-electron chi connectivity index (χ1n) is 9.88. The zero-order chi connectivity index (χ0) is 20.9. The van der Waals surface area contributed by atoms with Gasteiger partial charge in [-0.25, -0.2) is 4.79 Å². The Morgan fingerprint density at radius 2 is 1.80 bits per heavy atom. The van der Waals surface area contributed by atoms with Gasteiger partial charge < -0.3 is 20.9 Å². The molecule has 1 aromatic heterocycles. The number of rotatable bonds is 6. The van der Waals surface area contributed by atoms with Gasteiger partial charge in [0.15, 0.2) is 0 Å². The Kier molecular flexibility index (Phi) is 5.65. The summed E-state index contributed by atoms with van der Waals surface area (Å²) in [5.74, 6) is -0.384. The molecule has 0 saturated heterocycles. The lowest BCUT2D eigenvalue weighted by Gasteiger charge is -2.29. The Morgan fingerprint density at radius 1 is 1.00 bits per heavy atom. The number of hydrogen-bond acceptors (Lipinski definition) is 3. The number of H-pyrrole nitrogens is 1. The molecule has 30 heavy (non-hydrogen) atoms. The smallest absolute Gasteiger partial charge is 0.322 e. The van der Waals surface area contributed by atoms with E-state index >= 15 is 0 Å². The van der Waals surface area contributed by atoms with E-state index in [1.807, 2.05) is 24.4 Å². The fourth-order valence-corrected chi connectivity index (χ4v) is 3.56. The van der Waals surface area contributed by atoms with Crippen molar-refractivity contribution in [2.75, 3.05) is 29.9 Å². The highest BCUT2D eigenvalue weighted by Crippen LogP contribution is 2.28. The Labute approximate surface area is 173 Å². The normalized spacial score (nSPS) is 12.9. The lowest BCUT2D eigenvalue weighted by molar-refractivity contribution is -0.121. The van der Waals surface area contributed by atoms with Crippen LogP contribution in [0.3, 0.4) is 0 Å². The molecule has 1 aliphatic heterocycles. The van der Waals surface area contributed by atoms with Crippen molar-refractivity contribution in [2.45, 2.75) is 12.8 Å². The van der Waals surface area contributed by atoms with Gasteiger partial charge in [0.1, 0.15) is 6.54 Å². The van der Waals surface area contributed by atoms with Gasteiger partial charge >= 0.3 is 6.03 Å². The number of hydrogen-bond donors (Lipinski definition) is 4. The largest absolute Gasteiger partial charge is 0.361 e. The number of anilines is 2. The summed E-state index contributed by atoms with van der Waals surface area (Å²) >= 11 is 0. The molecule has 8 heteroatoms. The minimum atomic E-state index is -0.399. The number of carbonyl (C=O) groups excluding carboxylic acids is 3. The van der Waals surface area contributed by atoms with Crippen molar-refractivity contribution in [1.29, 1.82) is 0 Å². The van der Waals surface area contributed by atoms with Gasteiger partial charge in [-0.2, -0.15) is 0 Å².